The van der Waals surface area contributed by atoms with Gasteiger partial charge in [0.1, 0.15) is 0 Å². The van der Waals surface area contributed by atoms with Gasteiger partial charge < -0.3 is 10.6 Å². The van der Waals surface area contributed by atoms with Gasteiger partial charge >= 0.3 is 0 Å². The zero-order valence-corrected chi connectivity index (χ0v) is 13.2. The van der Waals surface area contributed by atoms with E-state index in [4.69, 9.17) is 23.2 Å². The van der Waals surface area contributed by atoms with Crippen LogP contribution in [0, 0.1) is 0 Å². The van der Waals surface area contributed by atoms with E-state index in [1.54, 1.807) is 0 Å². The van der Waals surface area contributed by atoms with Crippen LogP contribution < -0.4 is 10.6 Å². The van der Waals surface area contributed by atoms with Crippen molar-refractivity contribution in [3.63, 3.8) is 0 Å². The first-order valence-electron chi connectivity index (χ1n) is 7.17. The van der Waals surface area contributed by atoms with Gasteiger partial charge in [-0.15, -0.1) is 0 Å². The third kappa shape index (κ3) is 3.58. The second-order valence-electron chi connectivity index (χ2n) is 5.41. The maximum atomic E-state index is 6.14. The molecule has 1 heterocycles. The Morgan fingerprint density at radius 1 is 1.00 bits per heavy atom. The summed E-state index contributed by atoms with van der Waals surface area (Å²) in [5.41, 5.74) is 2.54. The average molecular weight is 321 g/mol. The molecule has 0 radical (unpaired) electrons. The largest absolute Gasteiger partial charge is 0.314 e. The Kier molecular flexibility index (Phi) is 4.81. The fourth-order valence-corrected chi connectivity index (χ4v) is 3.14. The molecule has 2 aromatic rings. The van der Waals surface area contributed by atoms with Crippen molar-refractivity contribution < 1.29 is 0 Å². The number of halogens is 2. The molecule has 0 aromatic heterocycles. The third-order valence-electron chi connectivity index (χ3n) is 4.00. The van der Waals surface area contributed by atoms with Crippen molar-refractivity contribution >= 4 is 23.2 Å². The highest BCUT2D eigenvalue weighted by Crippen LogP contribution is 2.29. The van der Waals surface area contributed by atoms with Crippen molar-refractivity contribution in [2.24, 2.45) is 0 Å². The van der Waals surface area contributed by atoms with Crippen LogP contribution in [0.5, 0.6) is 0 Å². The molecule has 1 saturated heterocycles. The van der Waals surface area contributed by atoms with E-state index in [0.717, 1.165) is 19.6 Å². The molecule has 0 spiro atoms. The van der Waals surface area contributed by atoms with Crippen LogP contribution in [0.2, 0.25) is 10.0 Å². The molecular weight excluding hydrogens is 303 g/mol. The molecule has 110 valence electrons. The quantitative estimate of drug-likeness (QED) is 0.894. The summed E-state index contributed by atoms with van der Waals surface area (Å²) in [4.78, 5) is 0. The van der Waals surface area contributed by atoms with Gasteiger partial charge in [0.2, 0.25) is 0 Å². The van der Waals surface area contributed by atoms with Crippen molar-refractivity contribution in [2.45, 2.75) is 18.5 Å². The Morgan fingerprint density at radius 2 is 1.81 bits per heavy atom. The standard InChI is InChI=1S/C17H18Cl2N2/c18-15-7-6-13(8-16(15)19)14-10-20-11-17(14)21-9-12-4-2-1-3-5-12/h1-8,14,17,20-21H,9-11H2/t14-,17+/m0/s1. The highest BCUT2D eigenvalue weighted by Gasteiger charge is 2.28. The summed E-state index contributed by atoms with van der Waals surface area (Å²) in [5, 5.41) is 8.33. The predicted molar refractivity (Wildman–Crippen MR) is 89.1 cm³/mol. The molecule has 0 aliphatic carbocycles. The van der Waals surface area contributed by atoms with Crippen molar-refractivity contribution in [2.75, 3.05) is 13.1 Å². The third-order valence-corrected chi connectivity index (χ3v) is 4.74. The van der Waals surface area contributed by atoms with Gasteiger partial charge in [0.05, 0.1) is 10.0 Å². The maximum absolute atomic E-state index is 6.14. The fourth-order valence-electron chi connectivity index (χ4n) is 2.83. The van der Waals surface area contributed by atoms with Gasteiger partial charge in [-0.3, -0.25) is 0 Å². The monoisotopic (exact) mass is 320 g/mol. The van der Waals surface area contributed by atoms with Crippen molar-refractivity contribution in [1.82, 2.24) is 10.6 Å². The van der Waals surface area contributed by atoms with Crippen LogP contribution in [-0.2, 0) is 6.54 Å². The minimum atomic E-state index is 0.405. The Bertz CT molecular complexity index is 601. The summed E-state index contributed by atoms with van der Waals surface area (Å²) in [6, 6.07) is 16.8. The first kappa shape index (κ1) is 14.9. The van der Waals surface area contributed by atoms with Crippen LogP contribution in [0.15, 0.2) is 48.5 Å². The van der Waals surface area contributed by atoms with E-state index in [-0.39, 0.29) is 0 Å². The number of rotatable bonds is 4. The molecule has 1 aliphatic rings. The van der Waals surface area contributed by atoms with Gasteiger partial charge in [0, 0.05) is 31.6 Å². The summed E-state index contributed by atoms with van der Waals surface area (Å²) >= 11 is 12.1. The summed E-state index contributed by atoms with van der Waals surface area (Å²) in [5.74, 6) is 0.420. The van der Waals surface area contributed by atoms with E-state index in [2.05, 4.69) is 41.0 Å². The van der Waals surface area contributed by atoms with Crippen LogP contribution in [-0.4, -0.2) is 19.1 Å². The lowest BCUT2D eigenvalue weighted by Gasteiger charge is -2.21. The Labute approximate surface area is 135 Å². The Hall–Kier alpha value is -1.06. The lowest BCUT2D eigenvalue weighted by molar-refractivity contribution is 0.503. The van der Waals surface area contributed by atoms with Gasteiger partial charge in [0.25, 0.3) is 0 Å². The van der Waals surface area contributed by atoms with Crippen LogP contribution >= 0.6 is 23.2 Å². The normalized spacial score (nSPS) is 21.6. The molecule has 4 heteroatoms. The van der Waals surface area contributed by atoms with Crippen LogP contribution in [0.3, 0.4) is 0 Å². The summed E-state index contributed by atoms with van der Waals surface area (Å²) in [7, 11) is 0. The van der Waals surface area contributed by atoms with Gasteiger partial charge in [-0.1, -0.05) is 59.6 Å². The number of nitrogens with one attached hydrogen (secondary N) is 2. The van der Waals surface area contributed by atoms with E-state index in [1.807, 2.05) is 18.2 Å². The maximum Gasteiger partial charge on any atom is 0.0595 e. The lowest BCUT2D eigenvalue weighted by Crippen LogP contribution is -2.34. The van der Waals surface area contributed by atoms with Gasteiger partial charge in [-0.25, -0.2) is 0 Å². The van der Waals surface area contributed by atoms with Crippen LogP contribution in [0.25, 0.3) is 0 Å². The molecule has 21 heavy (non-hydrogen) atoms. The molecule has 0 saturated carbocycles. The van der Waals surface area contributed by atoms with Crippen LogP contribution in [0.4, 0.5) is 0 Å². The van der Waals surface area contributed by atoms with E-state index < -0.39 is 0 Å². The van der Waals surface area contributed by atoms with E-state index >= 15 is 0 Å². The van der Waals surface area contributed by atoms with Crippen molar-refractivity contribution in [3.05, 3.63) is 69.7 Å². The van der Waals surface area contributed by atoms with E-state index in [1.165, 1.54) is 11.1 Å². The molecule has 2 aromatic carbocycles. The zero-order chi connectivity index (χ0) is 14.7. The van der Waals surface area contributed by atoms with Gasteiger partial charge in [-0.2, -0.15) is 0 Å². The first-order chi connectivity index (χ1) is 10.2. The molecule has 0 bridgehead atoms. The molecule has 3 rings (SSSR count). The summed E-state index contributed by atoms with van der Waals surface area (Å²) < 4.78 is 0. The summed E-state index contributed by atoms with van der Waals surface area (Å²) in [6.45, 7) is 2.81. The SMILES string of the molecule is Clc1ccc([C@@H]2CNC[C@H]2NCc2ccccc2)cc1Cl. The van der Waals surface area contributed by atoms with Gasteiger partial charge in [-0.05, 0) is 23.3 Å². The second-order valence-corrected chi connectivity index (χ2v) is 6.23. The Balaban J connectivity index is 1.69. The molecule has 0 unspecified atom stereocenters. The minimum absolute atomic E-state index is 0.405. The smallest absolute Gasteiger partial charge is 0.0595 e. The average Bonchev–Trinajstić information content (AvgIpc) is 2.97. The first-order valence-corrected chi connectivity index (χ1v) is 7.92. The number of benzene rings is 2. The molecule has 1 fully saturated rings. The second kappa shape index (κ2) is 6.80. The van der Waals surface area contributed by atoms with Crippen molar-refractivity contribution in [1.29, 1.82) is 0 Å². The van der Waals surface area contributed by atoms with Crippen LogP contribution in [0.1, 0.15) is 17.0 Å². The lowest BCUT2D eigenvalue weighted by atomic mass is 9.94. The topological polar surface area (TPSA) is 24.1 Å². The summed E-state index contributed by atoms with van der Waals surface area (Å²) in [6.07, 6.45) is 0. The molecule has 0 amide bonds. The molecule has 2 nitrogen and oxygen atoms in total. The van der Waals surface area contributed by atoms with E-state index in [9.17, 15) is 0 Å². The highest BCUT2D eigenvalue weighted by molar-refractivity contribution is 6.42. The highest BCUT2D eigenvalue weighted by atomic mass is 35.5. The van der Waals surface area contributed by atoms with Crippen molar-refractivity contribution in [3.8, 4) is 0 Å². The predicted octanol–water partition coefficient (Wildman–Crippen LogP) is 3.84. The number of hydrogen-bond donors (Lipinski definition) is 2. The minimum Gasteiger partial charge on any atom is -0.314 e. The zero-order valence-electron chi connectivity index (χ0n) is 11.7. The Morgan fingerprint density at radius 3 is 2.57 bits per heavy atom. The fraction of sp³-hybridized carbons (Fsp3) is 0.294. The van der Waals surface area contributed by atoms with E-state index in [0.29, 0.717) is 22.0 Å². The molecule has 2 N–H and O–H groups in total. The molecule has 1 aliphatic heterocycles. The van der Waals surface area contributed by atoms with Gasteiger partial charge in [0.15, 0.2) is 0 Å². The molecule has 2 atom stereocenters. The number of hydrogen-bond acceptors (Lipinski definition) is 2. The molecular formula is C17H18Cl2N2.